The zero-order chi connectivity index (χ0) is 23.0. The largest absolute Gasteiger partial charge is 0.381 e. The second kappa shape index (κ2) is 8.84. The highest BCUT2D eigenvalue weighted by atomic mass is 16.5. The quantitative estimate of drug-likeness (QED) is 0.554. The van der Waals surface area contributed by atoms with Crippen molar-refractivity contribution < 1.29 is 14.3 Å². The Morgan fingerprint density at radius 1 is 1.38 bits per heavy atom. The molecule has 4 rings (SSSR count). The van der Waals surface area contributed by atoms with Gasteiger partial charge in [-0.05, 0) is 72.6 Å². The van der Waals surface area contributed by atoms with E-state index in [4.69, 9.17) is 20.6 Å². The third kappa shape index (κ3) is 3.91. The summed E-state index contributed by atoms with van der Waals surface area (Å²) >= 11 is 0. The summed E-state index contributed by atoms with van der Waals surface area (Å²) in [6.07, 6.45) is 4.40. The first-order chi connectivity index (χ1) is 15.3. The van der Waals surface area contributed by atoms with Gasteiger partial charge in [0.05, 0.1) is 36.3 Å². The molecular formula is C25H34N4O3. The van der Waals surface area contributed by atoms with Crippen LogP contribution in [0.1, 0.15) is 62.1 Å². The highest BCUT2D eigenvalue weighted by Gasteiger charge is 2.55. The SMILES string of the molecule is COC1C(C)CC2(Cc3ccc(C#N)cc3[C@H]2C(=O)N(CC2CCCO2)C(=N)N)CC1C. The summed E-state index contributed by atoms with van der Waals surface area (Å²) < 4.78 is 11.5. The van der Waals surface area contributed by atoms with Crippen LogP contribution in [0.3, 0.4) is 0 Å². The van der Waals surface area contributed by atoms with Gasteiger partial charge >= 0.3 is 0 Å². The van der Waals surface area contributed by atoms with E-state index >= 15 is 0 Å². The molecule has 1 aromatic carbocycles. The number of ether oxygens (including phenoxy) is 2. The molecule has 4 atom stereocenters. The first-order valence-electron chi connectivity index (χ1n) is 11.6. The van der Waals surface area contributed by atoms with Gasteiger partial charge < -0.3 is 15.2 Å². The highest BCUT2D eigenvalue weighted by Crippen LogP contribution is 2.58. The number of nitrogens with zero attached hydrogens (tertiary/aromatic N) is 2. The van der Waals surface area contributed by atoms with E-state index in [0.29, 0.717) is 30.6 Å². The van der Waals surface area contributed by atoms with Gasteiger partial charge in [-0.25, -0.2) is 0 Å². The molecule has 2 aliphatic carbocycles. The molecule has 2 fully saturated rings. The molecule has 3 N–H and O–H groups in total. The second-order valence-corrected chi connectivity index (χ2v) is 10.0. The van der Waals surface area contributed by atoms with Gasteiger partial charge in [0.1, 0.15) is 0 Å². The summed E-state index contributed by atoms with van der Waals surface area (Å²) in [5, 5.41) is 17.7. The van der Waals surface area contributed by atoms with Crippen molar-refractivity contribution in [1.82, 2.24) is 4.90 Å². The molecule has 1 aliphatic heterocycles. The van der Waals surface area contributed by atoms with Crippen LogP contribution in [-0.4, -0.2) is 49.2 Å². The van der Waals surface area contributed by atoms with Crippen molar-refractivity contribution in [1.29, 1.82) is 10.7 Å². The summed E-state index contributed by atoms with van der Waals surface area (Å²) in [6, 6.07) is 7.92. The fraction of sp³-hybridized carbons (Fsp3) is 0.640. The number of fused-ring (bicyclic) bond motifs is 1. The monoisotopic (exact) mass is 438 g/mol. The number of rotatable bonds is 4. The third-order valence-corrected chi connectivity index (χ3v) is 7.81. The van der Waals surface area contributed by atoms with E-state index in [9.17, 15) is 10.1 Å². The lowest BCUT2D eigenvalue weighted by Gasteiger charge is -2.48. The molecule has 1 saturated carbocycles. The molecule has 3 unspecified atom stereocenters. The van der Waals surface area contributed by atoms with Gasteiger partial charge in [0, 0.05) is 13.7 Å². The second-order valence-electron chi connectivity index (χ2n) is 10.0. The Labute approximate surface area is 190 Å². The minimum atomic E-state index is -0.432. The Kier molecular flexibility index (Phi) is 6.28. The molecule has 1 spiro atoms. The third-order valence-electron chi connectivity index (χ3n) is 7.81. The van der Waals surface area contributed by atoms with Crippen molar-refractivity contribution in [2.75, 3.05) is 20.3 Å². The number of hydrogen-bond acceptors (Lipinski definition) is 5. The summed E-state index contributed by atoms with van der Waals surface area (Å²) in [5.74, 6) is -0.214. The first kappa shape index (κ1) is 22.8. The van der Waals surface area contributed by atoms with E-state index < -0.39 is 5.92 Å². The summed E-state index contributed by atoms with van der Waals surface area (Å²) in [6.45, 7) is 5.39. The maximum atomic E-state index is 14.1. The van der Waals surface area contributed by atoms with Crippen molar-refractivity contribution in [3.05, 3.63) is 34.9 Å². The molecule has 1 amide bonds. The molecule has 172 valence electrons. The van der Waals surface area contributed by atoms with Gasteiger partial charge in [-0.1, -0.05) is 19.9 Å². The van der Waals surface area contributed by atoms with Gasteiger partial charge in [0.2, 0.25) is 5.91 Å². The lowest BCUT2D eigenvalue weighted by molar-refractivity contribution is -0.136. The Hall–Kier alpha value is -2.43. The van der Waals surface area contributed by atoms with Crippen molar-refractivity contribution in [3.63, 3.8) is 0 Å². The summed E-state index contributed by atoms with van der Waals surface area (Å²) in [7, 11) is 1.76. The maximum Gasteiger partial charge on any atom is 0.237 e. The standard InChI is InChI=1S/C25H34N4O3/c1-15-10-25(11-16(2)22(15)31-3)12-18-7-6-17(13-26)9-20(18)21(25)23(30)29(24(27)28)14-19-5-4-8-32-19/h6-7,9,15-16,19,21-22H,4-5,8,10-12,14H2,1-3H3,(H3,27,28)/t15?,16?,19?,21-,22?,25?/m0/s1. The summed E-state index contributed by atoms with van der Waals surface area (Å²) in [5.41, 5.74) is 8.26. The Bertz CT molecular complexity index is 922. The molecule has 32 heavy (non-hydrogen) atoms. The van der Waals surface area contributed by atoms with E-state index in [2.05, 4.69) is 19.9 Å². The van der Waals surface area contributed by atoms with Gasteiger partial charge in [-0.3, -0.25) is 15.1 Å². The molecule has 1 saturated heterocycles. The zero-order valence-corrected chi connectivity index (χ0v) is 19.3. The first-order valence-corrected chi connectivity index (χ1v) is 11.6. The number of hydrogen-bond donors (Lipinski definition) is 2. The number of nitriles is 1. The smallest absolute Gasteiger partial charge is 0.237 e. The zero-order valence-electron chi connectivity index (χ0n) is 19.3. The molecule has 7 heteroatoms. The van der Waals surface area contributed by atoms with Crippen LogP contribution in [0.25, 0.3) is 0 Å². The van der Waals surface area contributed by atoms with E-state index in [1.165, 1.54) is 4.90 Å². The number of benzene rings is 1. The van der Waals surface area contributed by atoms with Crippen LogP contribution in [0.4, 0.5) is 0 Å². The van der Waals surface area contributed by atoms with Crippen LogP contribution < -0.4 is 5.73 Å². The summed E-state index contributed by atoms with van der Waals surface area (Å²) in [4.78, 5) is 15.5. The molecule has 1 heterocycles. The molecule has 0 aromatic heterocycles. The van der Waals surface area contributed by atoms with Crippen molar-refractivity contribution in [2.45, 2.75) is 64.1 Å². The van der Waals surface area contributed by atoms with Crippen LogP contribution >= 0.6 is 0 Å². The van der Waals surface area contributed by atoms with Gasteiger partial charge in [0.15, 0.2) is 5.96 Å². The van der Waals surface area contributed by atoms with Gasteiger partial charge in [0.25, 0.3) is 0 Å². The molecule has 7 nitrogen and oxygen atoms in total. The Morgan fingerprint density at radius 3 is 2.66 bits per heavy atom. The van der Waals surface area contributed by atoms with E-state index in [0.717, 1.165) is 43.2 Å². The molecule has 3 aliphatic rings. The lowest BCUT2D eigenvalue weighted by atomic mass is 9.59. The van der Waals surface area contributed by atoms with Crippen LogP contribution in [0.2, 0.25) is 0 Å². The average Bonchev–Trinajstić information content (AvgIpc) is 3.36. The maximum absolute atomic E-state index is 14.1. The number of methoxy groups -OCH3 is 1. The van der Waals surface area contributed by atoms with E-state index in [1.807, 2.05) is 18.2 Å². The van der Waals surface area contributed by atoms with Crippen LogP contribution in [-0.2, 0) is 20.7 Å². The predicted octanol–water partition coefficient (Wildman–Crippen LogP) is 3.17. The van der Waals surface area contributed by atoms with Gasteiger partial charge in [-0.2, -0.15) is 5.26 Å². The number of nitrogens with two attached hydrogens (primary N) is 1. The number of amides is 1. The van der Waals surface area contributed by atoms with E-state index in [-0.39, 0.29) is 29.5 Å². The fourth-order valence-corrected chi connectivity index (χ4v) is 6.76. The highest BCUT2D eigenvalue weighted by molar-refractivity contribution is 5.99. The molecule has 0 radical (unpaired) electrons. The van der Waals surface area contributed by atoms with Crippen LogP contribution in [0.5, 0.6) is 0 Å². The van der Waals surface area contributed by atoms with Crippen molar-refractivity contribution in [2.24, 2.45) is 23.0 Å². The number of nitrogens with one attached hydrogen (secondary N) is 1. The Morgan fingerprint density at radius 2 is 2.09 bits per heavy atom. The number of guanidine groups is 1. The average molecular weight is 439 g/mol. The number of carbonyl (C=O) groups is 1. The van der Waals surface area contributed by atoms with Crippen molar-refractivity contribution in [3.8, 4) is 6.07 Å². The van der Waals surface area contributed by atoms with Crippen LogP contribution in [0, 0.1) is 34.0 Å². The predicted molar refractivity (Wildman–Crippen MR) is 121 cm³/mol. The molecule has 0 bridgehead atoms. The topological polar surface area (TPSA) is 112 Å². The number of carbonyl (C=O) groups excluding carboxylic acids is 1. The normalized spacial score (nSPS) is 33.6. The lowest BCUT2D eigenvalue weighted by Crippen LogP contribution is -2.52. The van der Waals surface area contributed by atoms with E-state index in [1.54, 1.807) is 7.11 Å². The van der Waals surface area contributed by atoms with Gasteiger partial charge in [-0.15, -0.1) is 0 Å². The van der Waals surface area contributed by atoms with Crippen LogP contribution in [0.15, 0.2) is 18.2 Å². The minimum Gasteiger partial charge on any atom is -0.381 e. The fourth-order valence-electron chi connectivity index (χ4n) is 6.76. The molecular weight excluding hydrogens is 404 g/mol. The Balaban J connectivity index is 1.75. The van der Waals surface area contributed by atoms with Crippen molar-refractivity contribution >= 4 is 11.9 Å². The molecule has 1 aromatic rings. The minimum absolute atomic E-state index is 0.0906.